The Balaban J connectivity index is 1.63. The molecule has 0 unspecified atom stereocenters. The number of hydrogen-bond acceptors (Lipinski definition) is 4. The summed E-state index contributed by atoms with van der Waals surface area (Å²) in [5.74, 6) is 1.75. The third-order valence-electron chi connectivity index (χ3n) is 4.13. The Morgan fingerprint density at radius 1 is 1.07 bits per heavy atom. The lowest BCUT2D eigenvalue weighted by Gasteiger charge is -2.04. The van der Waals surface area contributed by atoms with Gasteiger partial charge in [0.2, 0.25) is 5.95 Å². The molecule has 4 rings (SSSR count). The van der Waals surface area contributed by atoms with E-state index in [0.717, 1.165) is 27.1 Å². The second-order valence-corrected chi connectivity index (χ2v) is 7.05. The van der Waals surface area contributed by atoms with Crippen LogP contribution in [0.5, 0.6) is 0 Å². The summed E-state index contributed by atoms with van der Waals surface area (Å²) in [6.07, 6.45) is 3.34. The number of aromatic nitrogens is 2. The number of anilines is 1. The minimum absolute atomic E-state index is 0.314. The quantitative estimate of drug-likeness (QED) is 0.452. The summed E-state index contributed by atoms with van der Waals surface area (Å²) in [6, 6.07) is 19.9. The molecule has 0 saturated carbocycles. The molecule has 0 bridgehead atoms. The summed E-state index contributed by atoms with van der Waals surface area (Å²) in [5, 5.41) is 4.46. The number of furan rings is 1. The zero-order chi connectivity index (χ0) is 18.8. The monoisotopic (exact) mass is 420 g/mol. The summed E-state index contributed by atoms with van der Waals surface area (Å²) in [7, 11) is 0. The number of imidazole rings is 1. The predicted octanol–water partition coefficient (Wildman–Crippen LogP) is 5.35. The normalized spacial score (nSPS) is 11.3. The molecule has 2 N–H and O–H groups in total. The molecule has 134 valence electrons. The molecule has 2 aromatic carbocycles. The molecular weight excluding hydrogens is 404 g/mol. The average Bonchev–Trinajstić information content (AvgIpc) is 3.28. The maximum Gasteiger partial charge on any atom is 0.221 e. The van der Waals surface area contributed by atoms with Crippen LogP contribution in [0.15, 0.2) is 80.9 Å². The summed E-state index contributed by atoms with van der Waals surface area (Å²) in [5.41, 5.74) is 9.98. The Morgan fingerprint density at radius 2 is 1.89 bits per heavy atom. The van der Waals surface area contributed by atoms with Gasteiger partial charge in [-0.25, -0.2) is 4.98 Å². The van der Waals surface area contributed by atoms with Crippen molar-refractivity contribution >= 4 is 28.1 Å². The van der Waals surface area contributed by atoms with E-state index < -0.39 is 0 Å². The number of rotatable bonds is 4. The highest BCUT2D eigenvalue weighted by molar-refractivity contribution is 9.10. The van der Waals surface area contributed by atoms with Crippen LogP contribution >= 0.6 is 15.9 Å². The van der Waals surface area contributed by atoms with E-state index in [0.29, 0.717) is 11.7 Å². The van der Waals surface area contributed by atoms with Gasteiger partial charge < -0.3 is 10.2 Å². The molecule has 2 heterocycles. The zero-order valence-electron chi connectivity index (χ0n) is 14.6. The van der Waals surface area contributed by atoms with Crippen molar-refractivity contribution in [3.05, 3.63) is 82.7 Å². The topological polar surface area (TPSA) is 69.3 Å². The number of benzene rings is 2. The van der Waals surface area contributed by atoms with Gasteiger partial charge in [0.25, 0.3) is 0 Å². The van der Waals surface area contributed by atoms with E-state index in [-0.39, 0.29) is 0 Å². The van der Waals surface area contributed by atoms with E-state index in [9.17, 15) is 0 Å². The molecule has 0 aliphatic heterocycles. The molecule has 2 aromatic heterocycles. The Kier molecular flexibility index (Phi) is 4.64. The van der Waals surface area contributed by atoms with Crippen molar-refractivity contribution in [3.8, 4) is 22.6 Å². The lowest BCUT2D eigenvalue weighted by atomic mass is 10.1. The van der Waals surface area contributed by atoms with Crippen LogP contribution in [0.2, 0.25) is 0 Å². The standard InChI is InChI=1S/C21H17BrN4O/c1-14-3-2-4-16(11-14)20-10-9-18(27-20)12-25-26-19(13-24-21(26)23)15-5-7-17(22)8-6-15/h2-13H,1H3,(H2,23,24). The zero-order valence-corrected chi connectivity index (χ0v) is 16.2. The minimum atomic E-state index is 0.314. The molecule has 5 nitrogen and oxygen atoms in total. The Bertz CT molecular complexity index is 1110. The predicted molar refractivity (Wildman–Crippen MR) is 112 cm³/mol. The molecule has 0 spiro atoms. The second-order valence-electron chi connectivity index (χ2n) is 6.14. The Hall–Kier alpha value is -3.12. The van der Waals surface area contributed by atoms with Crippen molar-refractivity contribution in [1.82, 2.24) is 9.66 Å². The van der Waals surface area contributed by atoms with Gasteiger partial charge in [0.05, 0.1) is 18.1 Å². The maximum atomic E-state index is 5.98. The van der Waals surface area contributed by atoms with Crippen molar-refractivity contribution in [1.29, 1.82) is 0 Å². The highest BCUT2D eigenvalue weighted by atomic mass is 79.9. The van der Waals surface area contributed by atoms with Gasteiger partial charge in [-0.05, 0) is 37.3 Å². The molecule has 0 radical (unpaired) electrons. The van der Waals surface area contributed by atoms with Crippen molar-refractivity contribution < 1.29 is 4.42 Å². The first-order valence-electron chi connectivity index (χ1n) is 8.40. The Morgan fingerprint density at radius 3 is 2.67 bits per heavy atom. The fraction of sp³-hybridized carbons (Fsp3) is 0.0476. The van der Waals surface area contributed by atoms with Crippen LogP contribution in [-0.4, -0.2) is 15.9 Å². The first kappa shape index (κ1) is 17.3. The molecule has 4 aromatic rings. The third kappa shape index (κ3) is 3.71. The summed E-state index contributed by atoms with van der Waals surface area (Å²) < 4.78 is 8.50. The highest BCUT2D eigenvalue weighted by Gasteiger charge is 2.09. The lowest BCUT2D eigenvalue weighted by Crippen LogP contribution is -1.99. The number of nitrogen functional groups attached to an aromatic ring is 1. The highest BCUT2D eigenvalue weighted by Crippen LogP contribution is 2.25. The van der Waals surface area contributed by atoms with E-state index >= 15 is 0 Å². The van der Waals surface area contributed by atoms with Crippen LogP contribution in [-0.2, 0) is 0 Å². The van der Waals surface area contributed by atoms with Crippen LogP contribution in [0.25, 0.3) is 22.6 Å². The maximum absolute atomic E-state index is 5.98. The molecule has 6 heteroatoms. The number of nitrogens with zero attached hydrogens (tertiary/aromatic N) is 3. The second kappa shape index (κ2) is 7.25. The molecule has 0 amide bonds. The molecule has 0 atom stereocenters. The SMILES string of the molecule is Cc1cccc(-c2ccc(C=Nn3c(-c4ccc(Br)cc4)cnc3N)o2)c1. The van der Waals surface area contributed by atoms with Gasteiger partial charge in [0.15, 0.2) is 0 Å². The molecule has 0 fully saturated rings. The van der Waals surface area contributed by atoms with Gasteiger partial charge in [-0.3, -0.25) is 0 Å². The third-order valence-corrected chi connectivity index (χ3v) is 4.66. The van der Waals surface area contributed by atoms with Crippen LogP contribution < -0.4 is 5.73 Å². The molecule has 27 heavy (non-hydrogen) atoms. The summed E-state index contributed by atoms with van der Waals surface area (Å²) in [6.45, 7) is 2.06. The van der Waals surface area contributed by atoms with E-state index in [4.69, 9.17) is 10.2 Å². The van der Waals surface area contributed by atoms with Gasteiger partial charge >= 0.3 is 0 Å². The van der Waals surface area contributed by atoms with E-state index in [1.165, 1.54) is 5.56 Å². The van der Waals surface area contributed by atoms with Gasteiger partial charge in [-0.15, -0.1) is 0 Å². The molecular formula is C21H17BrN4O. The van der Waals surface area contributed by atoms with E-state index in [1.807, 2.05) is 48.5 Å². The number of aryl methyl sites for hydroxylation is 1. The van der Waals surface area contributed by atoms with E-state index in [2.05, 4.69) is 45.1 Å². The molecule has 0 aliphatic carbocycles. The first-order valence-corrected chi connectivity index (χ1v) is 9.20. The van der Waals surface area contributed by atoms with E-state index in [1.54, 1.807) is 17.1 Å². The number of nitrogens with two attached hydrogens (primary N) is 1. The van der Waals surface area contributed by atoms with Gasteiger partial charge in [-0.1, -0.05) is 51.8 Å². The summed E-state index contributed by atoms with van der Waals surface area (Å²) in [4.78, 5) is 4.17. The van der Waals surface area contributed by atoms with Crippen LogP contribution in [0.4, 0.5) is 5.95 Å². The van der Waals surface area contributed by atoms with Crippen molar-refractivity contribution in [3.63, 3.8) is 0 Å². The molecule has 0 saturated heterocycles. The minimum Gasteiger partial charge on any atom is -0.455 e. The van der Waals surface area contributed by atoms with Gasteiger partial charge in [-0.2, -0.15) is 9.78 Å². The van der Waals surface area contributed by atoms with Gasteiger partial charge in [0, 0.05) is 15.6 Å². The first-order chi connectivity index (χ1) is 13.1. The van der Waals surface area contributed by atoms with Crippen LogP contribution in [0, 0.1) is 6.92 Å². The fourth-order valence-corrected chi connectivity index (χ4v) is 3.05. The van der Waals surface area contributed by atoms with Crippen LogP contribution in [0.1, 0.15) is 11.3 Å². The molecule has 0 aliphatic rings. The smallest absolute Gasteiger partial charge is 0.221 e. The lowest BCUT2D eigenvalue weighted by molar-refractivity contribution is 0.574. The average molecular weight is 421 g/mol. The van der Waals surface area contributed by atoms with Crippen molar-refractivity contribution in [2.75, 3.05) is 5.73 Å². The number of halogens is 1. The van der Waals surface area contributed by atoms with Gasteiger partial charge in [0.1, 0.15) is 11.5 Å². The largest absolute Gasteiger partial charge is 0.455 e. The fourth-order valence-electron chi connectivity index (χ4n) is 2.79. The van der Waals surface area contributed by atoms with Crippen molar-refractivity contribution in [2.45, 2.75) is 6.92 Å². The summed E-state index contributed by atoms with van der Waals surface area (Å²) >= 11 is 3.44. The van der Waals surface area contributed by atoms with Crippen molar-refractivity contribution in [2.24, 2.45) is 5.10 Å². The Labute approximate surface area is 165 Å². The van der Waals surface area contributed by atoms with Crippen LogP contribution in [0.3, 0.4) is 0 Å². The number of hydrogen-bond donors (Lipinski definition) is 1.